The number of carbonyl (C=O) groups excluding carboxylic acids is 3. The van der Waals surface area contributed by atoms with Crippen LogP contribution in [0.25, 0.3) is 0 Å². The predicted octanol–water partition coefficient (Wildman–Crippen LogP) is 2.83. The average Bonchev–Trinajstić information content (AvgIpc) is 2.74. The molecule has 30 heavy (non-hydrogen) atoms. The first-order valence-corrected chi connectivity index (χ1v) is 10.1. The summed E-state index contributed by atoms with van der Waals surface area (Å²) in [6, 6.07) is 13.9. The molecule has 2 rings (SSSR count). The maximum absolute atomic E-state index is 11.9. The van der Waals surface area contributed by atoms with Gasteiger partial charge < -0.3 is 15.4 Å². The number of amides is 3. The van der Waals surface area contributed by atoms with Crippen molar-refractivity contribution in [3.05, 3.63) is 58.6 Å². The fourth-order valence-corrected chi connectivity index (χ4v) is 2.40. The molecule has 0 fully saturated rings. The summed E-state index contributed by atoms with van der Waals surface area (Å²) in [7, 11) is 0. The van der Waals surface area contributed by atoms with Crippen LogP contribution < -0.4 is 20.8 Å². The monoisotopic (exact) mass is 474 g/mol. The molecule has 2 aromatic rings. The molecule has 3 amide bonds. The highest BCUT2D eigenvalue weighted by molar-refractivity contribution is 9.10. The molecule has 2 aromatic carbocycles. The van der Waals surface area contributed by atoms with Crippen LogP contribution in [0.1, 0.15) is 25.8 Å². The zero-order valence-electron chi connectivity index (χ0n) is 16.6. The third-order valence-corrected chi connectivity index (χ3v) is 4.48. The quantitative estimate of drug-likeness (QED) is 0.310. The highest BCUT2D eigenvalue weighted by Gasteiger charge is 2.14. The van der Waals surface area contributed by atoms with Crippen molar-refractivity contribution >= 4 is 45.6 Å². The number of benzene rings is 2. The molecule has 0 unspecified atom stereocenters. The molecule has 0 radical (unpaired) electrons. The van der Waals surface area contributed by atoms with Gasteiger partial charge in [-0.3, -0.25) is 14.4 Å². The fourth-order valence-electron chi connectivity index (χ4n) is 2.14. The molecular formula is C21H23BrN4O4. The van der Waals surface area contributed by atoms with Crippen molar-refractivity contribution in [3.63, 3.8) is 0 Å². The smallest absolute Gasteiger partial charge is 0.329 e. The third-order valence-electron chi connectivity index (χ3n) is 3.95. The van der Waals surface area contributed by atoms with Crippen LogP contribution >= 0.6 is 15.9 Å². The van der Waals surface area contributed by atoms with E-state index in [0.29, 0.717) is 17.0 Å². The summed E-state index contributed by atoms with van der Waals surface area (Å²) >= 11 is 3.33. The van der Waals surface area contributed by atoms with E-state index in [0.717, 1.165) is 10.9 Å². The van der Waals surface area contributed by atoms with E-state index >= 15 is 0 Å². The van der Waals surface area contributed by atoms with E-state index in [1.165, 1.54) is 6.21 Å². The van der Waals surface area contributed by atoms with E-state index in [1.54, 1.807) is 36.4 Å². The summed E-state index contributed by atoms with van der Waals surface area (Å²) in [6.07, 6.45) is 2.13. The second-order valence-corrected chi connectivity index (χ2v) is 7.31. The number of hydrogen-bond acceptors (Lipinski definition) is 5. The lowest BCUT2D eigenvalue weighted by Crippen LogP contribution is -2.41. The van der Waals surface area contributed by atoms with Gasteiger partial charge in [0.05, 0.1) is 6.21 Å². The molecule has 0 heterocycles. The Morgan fingerprint density at radius 3 is 2.37 bits per heavy atom. The van der Waals surface area contributed by atoms with Gasteiger partial charge in [0.15, 0.2) is 6.61 Å². The largest absolute Gasteiger partial charge is 0.484 e. The molecule has 0 aromatic heterocycles. The van der Waals surface area contributed by atoms with E-state index < -0.39 is 11.8 Å². The number of anilines is 1. The Labute approximate surface area is 183 Å². The number of hydrogen-bond donors (Lipinski definition) is 3. The van der Waals surface area contributed by atoms with Gasteiger partial charge in [-0.25, -0.2) is 5.43 Å². The van der Waals surface area contributed by atoms with Crippen molar-refractivity contribution < 1.29 is 19.1 Å². The van der Waals surface area contributed by atoms with Gasteiger partial charge in [-0.15, -0.1) is 0 Å². The lowest BCUT2D eigenvalue weighted by molar-refractivity contribution is -0.139. The topological polar surface area (TPSA) is 109 Å². The molecular weight excluding hydrogens is 452 g/mol. The van der Waals surface area contributed by atoms with Gasteiger partial charge in [-0.1, -0.05) is 22.9 Å². The molecule has 0 bridgehead atoms. The molecule has 8 nitrogen and oxygen atoms in total. The van der Waals surface area contributed by atoms with Crippen LogP contribution in [0.2, 0.25) is 0 Å². The predicted molar refractivity (Wildman–Crippen MR) is 118 cm³/mol. The van der Waals surface area contributed by atoms with Gasteiger partial charge in [0.2, 0.25) is 0 Å². The van der Waals surface area contributed by atoms with Crippen LogP contribution in [-0.4, -0.2) is 36.6 Å². The zero-order valence-corrected chi connectivity index (χ0v) is 18.2. The summed E-state index contributed by atoms with van der Waals surface area (Å²) in [6.45, 7) is 3.58. The maximum Gasteiger partial charge on any atom is 0.329 e. The fraction of sp³-hybridized carbons (Fsp3) is 0.238. The molecule has 0 spiro atoms. The summed E-state index contributed by atoms with van der Waals surface area (Å²) in [4.78, 5) is 35.2. The van der Waals surface area contributed by atoms with E-state index in [2.05, 4.69) is 37.1 Å². The minimum atomic E-state index is -0.830. The average molecular weight is 475 g/mol. The highest BCUT2D eigenvalue weighted by Crippen LogP contribution is 2.14. The van der Waals surface area contributed by atoms with Crippen LogP contribution in [0.15, 0.2) is 58.1 Å². The molecule has 1 atom stereocenters. The van der Waals surface area contributed by atoms with Crippen molar-refractivity contribution in [1.82, 2.24) is 10.7 Å². The Morgan fingerprint density at radius 1 is 1.07 bits per heavy atom. The number of carbonyl (C=O) groups is 3. The summed E-state index contributed by atoms with van der Waals surface area (Å²) in [5.41, 5.74) is 3.54. The Kier molecular flexibility index (Phi) is 9.02. The lowest BCUT2D eigenvalue weighted by atomic mass is 10.2. The molecule has 158 valence electrons. The van der Waals surface area contributed by atoms with E-state index in [-0.39, 0.29) is 18.6 Å². The van der Waals surface area contributed by atoms with Gasteiger partial charge in [-0.05, 0) is 67.4 Å². The number of halogens is 1. The van der Waals surface area contributed by atoms with Crippen LogP contribution in [0, 0.1) is 0 Å². The minimum Gasteiger partial charge on any atom is -0.484 e. The van der Waals surface area contributed by atoms with Gasteiger partial charge >= 0.3 is 11.8 Å². The van der Waals surface area contributed by atoms with Gasteiger partial charge in [0, 0.05) is 16.2 Å². The normalized spacial score (nSPS) is 11.6. The summed E-state index contributed by atoms with van der Waals surface area (Å²) in [5, 5.41) is 9.04. The highest BCUT2D eigenvalue weighted by atomic mass is 79.9. The number of rotatable bonds is 8. The lowest BCUT2D eigenvalue weighted by Gasteiger charge is -2.09. The number of nitrogens with zero attached hydrogens (tertiary/aromatic N) is 1. The number of hydrazone groups is 1. The Morgan fingerprint density at radius 2 is 1.73 bits per heavy atom. The molecule has 3 N–H and O–H groups in total. The number of ether oxygens (including phenoxy) is 1. The third kappa shape index (κ3) is 8.04. The summed E-state index contributed by atoms with van der Waals surface area (Å²) in [5.74, 6) is -1.33. The van der Waals surface area contributed by atoms with Crippen molar-refractivity contribution in [3.8, 4) is 5.75 Å². The molecule has 0 aliphatic carbocycles. The van der Waals surface area contributed by atoms with Gasteiger partial charge in [-0.2, -0.15) is 5.10 Å². The standard InChI is InChI=1S/C21H23BrN4O4/c1-3-14(2)24-20(28)21(29)26-23-12-15-4-10-18(11-5-15)30-13-19(27)25-17-8-6-16(22)7-9-17/h4-12,14H,3,13H2,1-2H3,(H,24,28)(H,25,27)(H,26,29)/b23-12-/t14-/m1/s1. The molecule has 9 heteroatoms. The van der Waals surface area contributed by atoms with Crippen molar-refractivity contribution in [2.75, 3.05) is 11.9 Å². The van der Waals surface area contributed by atoms with Crippen LogP contribution in [0.4, 0.5) is 5.69 Å². The van der Waals surface area contributed by atoms with Crippen LogP contribution in [0.5, 0.6) is 5.75 Å². The second kappa shape index (κ2) is 11.7. The molecule has 0 aliphatic rings. The number of nitrogens with one attached hydrogen (secondary N) is 3. The van der Waals surface area contributed by atoms with Crippen LogP contribution in [0.3, 0.4) is 0 Å². The van der Waals surface area contributed by atoms with E-state index in [4.69, 9.17) is 4.74 Å². The molecule has 0 saturated carbocycles. The van der Waals surface area contributed by atoms with Crippen molar-refractivity contribution in [2.24, 2.45) is 5.10 Å². The van der Waals surface area contributed by atoms with E-state index in [1.807, 2.05) is 26.0 Å². The minimum absolute atomic E-state index is 0.0864. The zero-order chi connectivity index (χ0) is 21.9. The van der Waals surface area contributed by atoms with E-state index in [9.17, 15) is 14.4 Å². The van der Waals surface area contributed by atoms with Crippen molar-refractivity contribution in [1.29, 1.82) is 0 Å². The first-order valence-electron chi connectivity index (χ1n) is 9.29. The Bertz CT molecular complexity index is 898. The summed E-state index contributed by atoms with van der Waals surface area (Å²) < 4.78 is 6.38. The first-order chi connectivity index (χ1) is 14.4. The molecule has 0 aliphatic heterocycles. The second-order valence-electron chi connectivity index (χ2n) is 6.39. The Hall–Kier alpha value is -3.20. The first kappa shape index (κ1) is 23.1. The molecule has 0 saturated heterocycles. The Balaban J connectivity index is 1.76. The van der Waals surface area contributed by atoms with Crippen LogP contribution in [-0.2, 0) is 14.4 Å². The van der Waals surface area contributed by atoms with Crippen molar-refractivity contribution in [2.45, 2.75) is 26.3 Å². The van der Waals surface area contributed by atoms with Gasteiger partial charge in [0.1, 0.15) is 5.75 Å². The SMILES string of the molecule is CC[C@@H](C)NC(=O)C(=O)N/N=C\c1ccc(OCC(=O)Nc2ccc(Br)cc2)cc1. The maximum atomic E-state index is 11.9. The van der Waals surface area contributed by atoms with Gasteiger partial charge in [0.25, 0.3) is 5.91 Å².